The topological polar surface area (TPSA) is 32.3 Å². The van der Waals surface area contributed by atoms with Crippen molar-refractivity contribution >= 4 is 5.91 Å². The first-order chi connectivity index (χ1) is 10.0. The average molecular weight is 294 g/mol. The molecule has 2 rings (SSSR count). The molecule has 1 aliphatic carbocycles. The minimum atomic E-state index is 0.0585. The highest BCUT2D eigenvalue weighted by Crippen LogP contribution is 2.34. The predicted molar refractivity (Wildman–Crippen MR) is 88.0 cm³/mol. The summed E-state index contributed by atoms with van der Waals surface area (Å²) in [5, 5.41) is 3.64. The van der Waals surface area contributed by atoms with Gasteiger partial charge in [-0.2, -0.15) is 0 Å². The Morgan fingerprint density at radius 3 is 2.43 bits per heavy atom. The van der Waals surface area contributed by atoms with Crippen LogP contribution in [-0.4, -0.2) is 29.1 Å². The fourth-order valence-electron chi connectivity index (χ4n) is 4.06. The summed E-state index contributed by atoms with van der Waals surface area (Å²) in [4.78, 5) is 14.9. The monoisotopic (exact) mass is 294 g/mol. The summed E-state index contributed by atoms with van der Waals surface area (Å²) >= 11 is 0. The first-order valence-electron chi connectivity index (χ1n) is 9.12. The highest BCUT2D eigenvalue weighted by Gasteiger charge is 2.44. The van der Waals surface area contributed by atoms with Gasteiger partial charge >= 0.3 is 0 Å². The molecule has 0 radical (unpaired) electrons. The van der Waals surface area contributed by atoms with Gasteiger partial charge in [-0.15, -0.1) is 0 Å². The summed E-state index contributed by atoms with van der Waals surface area (Å²) in [6.45, 7) is 8.93. The maximum Gasteiger partial charge on any atom is 0.241 e. The zero-order chi connectivity index (χ0) is 15.4. The molecular formula is C18H34N2O. The summed E-state index contributed by atoms with van der Waals surface area (Å²) in [7, 11) is 0. The van der Waals surface area contributed by atoms with Crippen molar-refractivity contribution in [2.24, 2.45) is 11.8 Å². The van der Waals surface area contributed by atoms with Crippen molar-refractivity contribution in [1.29, 1.82) is 0 Å². The highest BCUT2D eigenvalue weighted by atomic mass is 16.2. The molecule has 1 N–H and O–H groups in total. The predicted octanol–water partition coefficient (Wildman–Crippen LogP) is 3.93. The van der Waals surface area contributed by atoms with Gasteiger partial charge in [-0.05, 0) is 44.4 Å². The molecule has 0 aromatic carbocycles. The van der Waals surface area contributed by atoms with E-state index >= 15 is 0 Å². The number of hydrogen-bond donors (Lipinski definition) is 1. The zero-order valence-corrected chi connectivity index (χ0v) is 14.4. The van der Waals surface area contributed by atoms with Crippen molar-refractivity contribution in [3.63, 3.8) is 0 Å². The maximum atomic E-state index is 12.7. The third kappa shape index (κ3) is 4.00. The highest BCUT2D eigenvalue weighted by molar-refractivity contribution is 5.84. The molecule has 1 amide bonds. The van der Waals surface area contributed by atoms with E-state index in [1.165, 1.54) is 38.5 Å². The van der Waals surface area contributed by atoms with Gasteiger partial charge in [-0.3, -0.25) is 10.1 Å². The van der Waals surface area contributed by atoms with Gasteiger partial charge in [0.05, 0.1) is 12.2 Å². The van der Waals surface area contributed by atoms with E-state index in [-0.39, 0.29) is 6.04 Å². The van der Waals surface area contributed by atoms with Crippen LogP contribution in [0.3, 0.4) is 0 Å². The molecule has 0 aromatic heterocycles. The molecule has 21 heavy (non-hydrogen) atoms. The van der Waals surface area contributed by atoms with Crippen LogP contribution >= 0.6 is 0 Å². The summed E-state index contributed by atoms with van der Waals surface area (Å²) in [5.41, 5.74) is 0. The second-order valence-electron chi connectivity index (χ2n) is 7.54. The number of nitrogens with one attached hydrogen (secondary N) is 1. The van der Waals surface area contributed by atoms with Crippen molar-refractivity contribution in [2.45, 2.75) is 97.3 Å². The van der Waals surface area contributed by atoms with Crippen LogP contribution in [0.5, 0.6) is 0 Å². The van der Waals surface area contributed by atoms with E-state index in [0.717, 1.165) is 18.8 Å². The van der Waals surface area contributed by atoms with E-state index in [1.54, 1.807) is 0 Å². The van der Waals surface area contributed by atoms with Crippen molar-refractivity contribution in [3.05, 3.63) is 0 Å². The fourth-order valence-corrected chi connectivity index (χ4v) is 4.06. The molecule has 3 heteroatoms. The Hall–Kier alpha value is -0.570. The van der Waals surface area contributed by atoms with Gasteiger partial charge in [-0.1, -0.05) is 46.5 Å². The van der Waals surface area contributed by atoms with Gasteiger partial charge < -0.3 is 4.90 Å². The summed E-state index contributed by atoms with van der Waals surface area (Å²) in [5.74, 6) is 1.79. The Morgan fingerprint density at radius 2 is 1.86 bits per heavy atom. The van der Waals surface area contributed by atoms with E-state index in [4.69, 9.17) is 0 Å². The molecule has 2 aliphatic rings. The van der Waals surface area contributed by atoms with Crippen molar-refractivity contribution in [1.82, 2.24) is 10.2 Å². The molecule has 1 heterocycles. The van der Waals surface area contributed by atoms with E-state index in [1.807, 2.05) is 0 Å². The number of nitrogens with zero attached hydrogens (tertiary/aromatic N) is 1. The lowest BCUT2D eigenvalue weighted by Gasteiger charge is -2.34. The molecule has 3 unspecified atom stereocenters. The molecule has 0 spiro atoms. The molecule has 0 aromatic rings. The van der Waals surface area contributed by atoms with Gasteiger partial charge in [0.2, 0.25) is 5.91 Å². The van der Waals surface area contributed by atoms with Crippen LogP contribution in [0.4, 0.5) is 0 Å². The minimum Gasteiger partial charge on any atom is -0.323 e. The van der Waals surface area contributed by atoms with Gasteiger partial charge in [0, 0.05) is 6.04 Å². The third-order valence-corrected chi connectivity index (χ3v) is 5.36. The smallest absolute Gasteiger partial charge is 0.241 e. The van der Waals surface area contributed by atoms with E-state index < -0.39 is 0 Å². The Balaban J connectivity index is 1.99. The van der Waals surface area contributed by atoms with Gasteiger partial charge in [0.1, 0.15) is 0 Å². The molecule has 1 saturated heterocycles. The first kappa shape index (κ1) is 16.8. The number of hydrogen-bond acceptors (Lipinski definition) is 2. The van der Waals surface area contributed by atoms with E-state index in [2.05, 4.69) is 37.9 Å². The second-order valence-corrected chi connectivity index (χ2v) is 7.54. The van der Waals surface area contributed by atoms with Crippen LogP contribution in [0, 0.1) is 11.8 Å². The first-order valence-corrected chi connectivity index (χ1v) is 9.12. The van der Waals surface area contributed by atoms with Crippen LogP contribution in [0.15, 0.2) is 0 Å². The lowest BCUT2D eigenvalue weighted by molar-refractivity contribution is -0.132. The summed E-state index contributed by atoms with van der Waals surface area (Å²) in [6, 6.07) is 0.439. The number of carbonyl (C=O) groups is 1. The van der Waals surface area contributed by atoms with Crippen LogP contribution in [-0.2, 0) is 4.79 Å². The normalized spacial score (nSPS) is 28.8. The Morgan fingerprint density at radius 1 is 1.19 bits per heavy atom. The van der Waals surface area contributed by atoms with E-state index in [9.17, 15) is 4.79 Å². The van der Waals surface area contributed by atoms with Gasteiger partial charge in [0.15, 0.2) is 0 Å². The molecule has 0 bridgehead atoms. The molecular weight excluding hydrogens is 260 g/mol. The number of rotatable bonds is 7. The van der Waals surface area contributed by atoms with Crippen LogP contribution in [0.25, 0.3) is 0 Å². The maximum absolute atomic E-state index is 12.7. The van der Waals surface area contributed by atoms with Crippen LogP contribution < -0.4 is 5.32 Å². The fraction of sp³-hybridized carbons (Fsp3) is 0.944. The summed E-state index contributed by atoms with van der Waals surface area (Å²) < 4.78 is 0. The van der Waals surface area contributed by atoms with Crippen molar-refractivity contribution < 1.29 is 4.79 Å². The Labute approximate surface area is 130 Å². The quantitative estimate of drug-likeness (QED) is 0.771. The molecule has 3 atom stereocenters. The van der Waals surface area contributed by atoms with Crippen molar-refractivity contribution in [2.75, 3.05) is 0 Å². The zero-order valence-electron chi connectivity index (χ0n) is 14.4. The summed E-state index contributed by atoms with van der Waals surface area (Å²) in [6.07, 6.45) is 10.1. The Kier molecular flexibility index (Phi) is 6.09. The molecule has 2 fully saturated rings. The van der Waals surface area contributed by atoms with Gasteiger partial charge in [0.25, 0.3) is 0 Å². The minimum absolute atomic E-state index is 0.0585. The van der Waals surface area contributed by atoms with E-state index in [0.29, 0.717) is 24.0 Å². The standard InChI is InChI=1S/C18H34N2O/c1-5-16-18(21)20(14(4)10-8-9-13(2)3)17(19-16)15-11-6-7-12-15/h13-17,19H,5-12H2,1-4H3. The van der Waals surface area contributed by atoms with Crippen LogP contribution in [0.1, 0.15) is 79.1 Å². The van der Waals surface area contributed by atoms with Crippen LogP contribution in [0.2, 0.25) is 0 Å². The SMILES string of the molecule is CCC1NC(C2CCCC2)N(C(C)CCCC(C)C)C1=O. The molecule has 1 aliphatic heterocycles. The third-order valence-electron chi connectivity index (χ3n) is 5.36. The number of amides is 1. The lowest BCUT2D eigenvalue weighted by atomic mass is 10.00. The lowest BCUT2D eigenvalue weighted by Crippen LogP contribution is -2.47. The molecule has 1 saturated carbocycles. The van der Waals surface area contributed by atoms with Gasteiger partial charge in [-0.25, -0.2) is 0 Å². The van der Waals surface area contributed by atoms with Crippen molar-refractivity contribution in [3.8, 4) is 0 Å². The molecule has 122 valence electrons. The largest absolute Gasteiger partial charge is 0.323 e. The molecule has 3 nitrogen and oxygen atoms in total. The Bertz CT molecular complexity index is 336. The number of carbonyl (C=O) groups excluding carboxylic acids is 1. The second kappa shape index (κ2) is 7.62. The average Bonchev–Trinajstić information content (AvgIpc) is 3.05.